The zero-order chi connectivity index (χ0) is 12.3. The van der Waals surface area contributed by atoms with E-state index in [-0.39, 0.29) is 5.75 Å². The van der Waals surface area contributed by atoms with Gasteiger partial charge in [0.1, 0.15) is 0 Å². The summed E-state index contributed by atoms with van der Waals surface area (Å²) >= 11 is 1.24. The van der Waals surface area contributed by atoms with E-state index in [4.69, 9.17) is 0 Å². The molecule has 1 aromatic rings. The maximum atomic E-state index is 12.8. The second-order valence-corrected chi connectivity index (χ2v) is 5.56. The van der Waals surface area contributed by atoms with Gasteiger partial charge in [-0.3, -0.25) is 0 Å². The topological polar surface area (TPSA) is 0 Å². The lowest BCUT2D eigenvalue weighted by molar-refractivity contribution is 0.0492. The van der Waals surface area contributed by atoms with Crippen LogP contribution in [0.2, 0.25) is 0 Å². The minimum absolute atomic E-state index is 0.157. The molecule has 0 fully saturated rings. The summed E-state index contributed by atoms with van der Waals surface area (Å²) in [5.74, 6) is -2.33. The maximum Gasteiger partial charge on any atom is 0.254 e. The molecule has 0 bridgehead atoms. The molecular formula is C13H18F2S. The predicted molar refractivity (Wildman–Crippen MR) is 66.6 cm³/mol. The Balaban J connectivity index is 2.82. The van der Waals surface area contributed by atoms with Crippen LogP contribution < -0.4 is 0 Å². The second kappa shape index (κ2) is 5.17. The van der Waals surface area contributed by atoms with Gasteiger partial charge in [0.05, 0.1) is 5.75 Å². The van der Waals surface area contributed by atoms with Crippen molar-refractivity contribution in [3.8, 4) is 0 Å². The second-order valence-electron chi connectivity index (χ2n) is 4.54. The number of alkyl halides is 2. The van der Waals surface area contributed by atoms with E-state index >= 15 is 0 Å². The van der Waals surface area contributed by atoms with E-state index in [9.17, 15) is 8.78 Å². The van der Waals surface area contributed by atoms with Gasteiger partial charge in [0.2, 0.25) is 0 Å². The van der Waals surface area contributed by atoms with Crippen molar-refractivity contribution in [2.45, 2.75) is 44.4 Å². The van der Waals surface area contributed by atoms with Crippen LogP contribution in [0.4, 0.5) is 8.78 Å². The first-order chi connectivity index (χ1) is 7.29. The molecular weight excluding hydrogens is 226 g/mol. The fraction of sp³-hybridized carbons (Fsp3) is 0.538. The van der Waals surface area contributed by atoms with Crippen LogP contribution in [0.25, 0.3) is 0 Å². The fourth-order valence-electron chi connectivity index (χ4n) is 1.34. The highest BCUT2D eigenvalue weighted by Crippen LogP contribution is 2.30. The standard InChI is InChI=1S/C13H18F2S/c1-9(2)11-6-5-10(3)12(7-11)16-8-13(4,14)15/h5-7,9H,8H2,1-4H3. The summed E-state index contributed by atoms with van der Waals surface area (Å²) in [6, 6.07) is 6.09. The van der Waals surface area contributed by atoms with Crippen LogP contribution in [0.15, 0.2) is 23.1 Å². The number of thioether (sulfide) groups is 1. The lowest BCUT2D eigenvalue weighted by Gasteiger charge is -2.13. The van der Waals surface area contributed by atoms with Crippen LogP contribution in [-0.2, 0) is 0 Å². The SMILES string of the molecule is Cc1ccc(C(C)C)cc1SCC(C)(F)F. The molecule has 0 heterocycles. The molecule has 3 heteroatoms. The fourth-order valence-corrected chi connectivity index (χ4v) is 2.26. The van der Waals surface area contributed by atoms with E-state index in [1.165, 1.54) is 17.3 Å². The van der Waals surface area contributed by atoms with Gasteiger partial charge in [0.25, 0.3) is 5.92 Å². The first-order valence-electron chi connectivity index (χ1n) is 5.41. The van der Waals surface area contributed by atoms with Crippen molar-refractivity contribution in [3.63, 3.8) is 0 Å². The Labute approximate surface area is 100 Å². The Morgan fingerprint density at radius 2 is 1.94 bits per heavy atom. The minimum atomic E-state index is -2.61. The van der Waals surface area contributed by atoms with Crippen molar-refractivity contribution in [2.24, 2.45) is 0 Å². The van der Waals surface area contributed by atoms with E-state index in [0.29, 0.717) is 5.92 Å². The quantitative estimate of drug-likeness (QED) is 0.681. The Bertz CT molecular complexity index is 353. The molecule has 16 heavy (non-hydrogen) atoms. The molecule has 0 amide bonds. The van der Waals surface area contributed by atoms with Crippen molar-refractivity contribution in [1.29, 1.82) is 0 Å². The highest BCUT2D eigenvalue weighted by Gasteiger charge is 2.21. The Morgan fingerprint density at radius 3 is 2.44 bits per heavy atom. The molecule has 0 radical (unpaired) electrons. The van der Waals surface area contributed by atoms with Crippen LogP contribution in [0.5, 0.6) is 0 Å². The largest absolute Gasteiger partial charge is 0.254 e. The third-order valence-corrected chi connectivity index (χ3v) is 3.76. The van der Waals surface area contributed by atoms with Crippen molar-refractivity contribution < 1.29 is 8.78 Å². The summed E-state index contributed by atoms with van der Waals surface area (Å²) in [6.07, 6.45) is 0. The van der Waals surface area contributed by atoms with Gasteiger partial charge >= 0.3 is 0 Å². The van der Waals surface area contributed by atoms with Crippen LogP contribution >= 0.6 is 11.8 Å². The average molecular weight is 244 g/mol. The van der Waals surface area contributed by atoms with Gasteiger partial charge in [0, 0.05) is 11.8 Å². The van der Waals surface area contributed by atoms with E-state index in [2.05, 4.69) is 19.9 Å². The van der Waals surface area contributed by atoms with Gasteiger partial charge in [-0.1, -0.05) is 26.0 Å². The molecule has 0 unspecified atom stereocenters. The molecule has 0 aromatic heterocycles. The predicted octanol–water partition coefficient (Wildman–Crippen LogP) is 4.87. The zero-order valence-electron chi connectivity index (χ0n) is 10.2. The molecule has 0 spiro atoms. The summed E-state index contributed by atoms with van der Waals surface area (Å²) in [7, 11) is 0. The lowest BCUT2D eigenvalue weighted by atomic mass is 10.0. The average Bonchev–Trinajstić information content (AvgIpc) is 2.14. The summed E-state index contributed by atoms with van der Waals surface area (Å²) in [5, 5.41) is 0. The zero-order valence-corrected chi connectivity index (χ0v) is 11.0. The van der Waals surface area contributed by atoms with E-state index in [1.54, 1.807) is 0 Å². The van der Waals surface area contributed by atoms with Crippen LogP contribution in [0.3, 0.4) is 0 Å². The summed E-state index contributed by atoms with van der Waals surface area (Å²) in [4.78, 5) is 0.965. The van der Waals surface area contributed by atoms with Gasteiger partial charge < -0.3 is 0 Å². The number of hydrogen-bond donors (Lipinski definition) is 0. The number of rotatable bonds is 4. The highest BCUT2D eigenvalue weighted by molar-refractivity contribution is 7.99. The minimum Gasteiger partial charge on any atom is -0.206 e. The Hall–Kier alpha value is -0.570. The van der Waals surface area contributed by atoms with Crippen LogP contribution in [-0.4, -0.2) is 11.7 Å². The molecule has 0 aliphatic rings. The first kappa shape index (κ1) is 13.5. The third-order valence-electron chi connectivity index (χ3n) is 2.36. The first-order valence-corrected chi connectivity index (χ1v) is 6.39. The van der Waals surface area contributed by atoms with Crippen LogP contribution in [0, 0.1) is 6.92 Å². The molecule has 0 atom stereocenters. The number of halogens is 2. The molecule has 0 saturated carbocycles. The normalized spacial score (nSPS) is 12.2. The van der Waals surface area contributed by atoms with Gasteiger partial charge in [-0.2, -0.15) is 0 Å². The molecule has 0 N–H and O–H groups in total. The van der Waals surface area contributed by atoms with Crippen molar-refractivity contribution in [3.05, 3.63) is 29.3 Å². The van der Waals surface area contributed by atoms with Gasteiger partial charge in [-0.25, -0.2) is 8.78 Å². The molecule has 0 nitrogen and oxygen atoms in total. The monoisotopic (exact) mass is 244 g/mol. The molecule has 0 aliphatic carbocycles. The molecule has 1 aromatic carbocycles. The lowest BCUT2D eigenvalue weighted by Crippen LogP contribution is -2.12. The molecule has 90 valence electrons. The number of hydrogen-bond acceptors (Lipinski definition) is 1. The van der Waals surface area contributed by atoms with Gasteiger partial charge in [-0.15, -0.1) is 11.8 Å². The Morgan fingerprint density at radius 1 is 1.31 bits per heavy atom. The summed E-state index contributed by atoms with van der Waals surface area (Å²) in [6.45, 7) is 7.13. The summed E-state index contributed by atoms with van der Waals surface area (Å²) in [5.41, 5.74) is 2.27. The molecule has 0 aliphatic heterocycles. The molecule has 1 rings (SSSR count). The van der Waals surface area contributed by atoms with Crippen molar-refractivity contribution in [1.82, 2.24) is 0 Å². The number of aryl methyl sites for hydroxylation is 1. The third kappa shape index (κ3) is 4.12. The number of benzene rings is 1. The van der Waals surface area contributed by atoms with E-state index < -0.39 is 5.92 Å². The Kier molecular flexibility index (Phi) is 4.36. The smallest absolute Gasteiger partial charge is 0.206 e. The highest BCUT2D eigenvalue weighted by atomic mass is 32.2. The van der Waals surface area contributed by atoms with Crippen molar-refractivity contribution in [2.75, 3.05) is 5.75 Å². The van der Waals surface area contributed by atoms with E-state index in [1.807, 2.05) is 19.1 Å². The van der Waals surface area contributed by atoms with Gasteiger partial charge in [0.15, 0.2) is 0 Å². The van der Waals surface area contributed by atoms with Crippen molar-refractivity contribution >= 4 is 11.8 Å². The maximum absolute atomic E-state index is 12.8. The van der Waals surface area contributed by atoms with Crippen LogP contribution in [0.1, 0.15) is 37.8 Å². The molecule has 0 saturated heterocycles. The summed E-state index contributed by atoms with van der Waals surface area (Å²) < 4.78 is 25.6. The van der Waals surface area contributed by atoms with E-state index in [0.717, 1.165) is 17.4 Å². The van der Waals surface area contributed by atoms with Gasteiger partial charge in [-0.05, 0) is 30.0 Å².